The number of nitrogens with zero attached hydrogens (tertiary/aromatic N) is 4. The maximum atomic E-state index is 12.4. The Morgan fingerprint density at radius 3 is 2.68 bits per heavy atom. The minimum atomic E-state index is 0.0146. The van der Waals surface area contributed by atoms with Gasteiger partial charge in [-0.3, -0.25) is 9.89 Å². The number of hydrogen-bond acceptors (Lipinski definition) is 5. The Morgan fingerprint density at radius 1 is 1.28 bits per heavy atom. The SMILES string of the molecule is Cc1nc(N2CCN(C(=O)COc3cccc(C(C)C)c3)CC2)n[nH]1. The van der Waals surface area contributed by atoms with E-state index in [9.17, 15) is 4.79 Å². The number of rotatable bonds is 5. The van der Waals surface area contributed by atoms with Gasteiger partial charge in [-0.25, -0.2) is 0 Å². The molecule has 1 N–H and O–H groups in total. The molecule has 0 atom stereocenters. The van der Waals surface area contributed by atoms with Crippen LogP contribution in [0.25, 0.3) is 0 Å². The summed E-state index contributed by atoms with van der Waals surface area (Å²) >= 11 is 0. The van der Waals surface area contributed by atoms with Gasteiger partial charge in [0.1, 0.15) is 11.6 Å². The average Bonchev–Trinajstić information content (AvgIpc) is 3.06. The molecule has 3 rings (SSSR count). The van der Waals surface area contributed by atoms with E-state index >= 15 is 0 Å². The lowest BCUT2D eigenvalue weighted by molar-refractivity contribution is -0.133. The molecule has 2 aromatic rings. The molecule has 0 saturated carbocycles. The van der Waals surface area contributed by atoms with Crippen molar-refractivity contribution in [2.45, 2.75) is 26.7 Å². The summed E-state index contributed by atoms with van der Waals surface area (Å²) in [5, 5.41) is 7.02. The standard InChI is InChI=1S/C18H25N5O2/c1-13(2)15-5-4-6-16(11-15)25-12-17(24)22-7-9-23(10-8-22)18-19-14(3)20-21-18/h4-6,11,13H,7-10,12H2,1-3H3,(H,19,20,21). The van der Waals surface area contributed by atoms with Crippen LogP contribution in [-0.2, 0) is 4.79 Å². The van der Waals surface area contributed by atoms with Gasteiger partial charge in [0, 0.05) is 26.2 Å². The predicted molar refractivity (Wildman–Crippen MR) is 95.9 cm³/mol. The number of carbonyl (C=O) groups excluding carboxylic acids is 1. The normalized spacial score (nSPS) is 14.9. The summed E-state index contributed by atoms with van der Waals surface area (Å²) in [6.45, 7) is 8.99. The van der Waals surface area contributed by atoms with E-state index in [0.29, 0.717) is 25.0 Å². The fraction of sp³-hybridized carbons (Fsp3) is 0.500. The van der Waals surface area contributed by atoms with Gasteiger partial charge < -0.3 is 14.5 Å². The zero-order chi connectivity index (χ0) is 17.8. The van der Waals surface area contributed by atoms with Crippen LogP contribution in [0.4, 0.5) is 5.95 Å². The first kappa shape index (κ1) is 17.3. The Bertz CT molecular complexity index is 720. The molecule has 1 fully saturated rings. The lowest BCUT2D eigenvalue weighted by Gasteiger charge is -2.34. The van der Waals surface area contributed by atoms with Crippen molar-refractivity contribution in [3.63, 3.8) is 0 Å². The van der Waals surface area contributed by atoms with E-state index in [4.69, 9.17) is 4.74 Å². The van der Waals surface area contributed by atoms with E-state index < -0.39 is 0 Å². The molecule has 0 radical (unpaired) electrons. The Balaban J connectivity index is 1.49. The number of carbonyl (C=O) groups is 1. The van der Waals surface area contributed by atoms with Crippen molar-refractivity contribution in [3.05, 3.63) is 35.7 Å². The number of ether oxygens (including phenoxy) is 1. The lowest BCUT2D eigenvalue weighted by atomic mass is 10.0. The molecular formula is C18H25N5O2. The number of aryl methyl sites for hydroxylation is 1. The first-order valence-electron chi connectivity index (χ1n) is 8.67. The van der Waals surface area contributed by atoms with Crippen molar-refractivity contribution in [1.29, 1.82) is 0 Å². The number of aromatic nitrogens is 3. The average molecular weight is 343 g/mol. The zero-order valence-electron chi connectivity index (χ0n) is 15.0. The van der Waals surface area contributed by atoms with Crippen LogP contribution in [0.3, 0.4) is 0 Å². The summed E-state index contributed by atoms with van der Waals surface area (Å²) < 4.78 is 5.69. The van der Waals surface area contributed by atoms with E-state index in [1.54, 1.807) is 0 Å². The number of anilines is 1. The molecule has 1 amide bonds. The highest BCUT2D eigenvalue weighted by molar-refractivity contribution is 5.78. The van der Waals surface area contributed by atoms with Gasteiger partial charge in [0.25, 0.3) is 5.91 Å². The number of piperazine rings is 1. The molecule has 0 bridgehead atoms. The van der Waals surface area contributed by atoms with Gasteiger partial charge in [-0.05, 0) is 30.5 Å². The zero-order valence-corrected chi connectivity index (χ0v) is 15.0. The summed E-state index contributed by atoms with van der Waals surface area (Å²) in [6.07, 6.45) is 0. The van der Waals surface area contributed by atoms with Crippen molar-refractivity contribution >= 4 is 11.9 Å². The molecular weight excluding hydrogens is 318 g/mol. The lowest BCUT2D eigenvalue weighted by Crippen LogP contribution is -2.50. The molecule has 7 nitrogen and oxygen atoms in total. The molecule has 25 heavy (non-hydrogen) atoms. The summed E-state index contributed by atoms with van der Waals surface area (Å²) in [4.78, 5) is 20.6. The van der Waals surface area contributed by atoms with Gasteiger partial charge in [0.2, 0.25) is 5.95 Å². The van der Waals surface area contributed by atoms with Crippen molar-refractivity contribution in [2.75, 3.05) is 37.7 Å². The van der Waals surface area contributed by atoms with E-state index in [1.807, 2.05) is 30.0 Å². The van der Waals surface area contributed by atoms with Gasteiger partial charge in [-0.2, -0.15) is 4.98 Å². The van der Waals surface area contributed by atoms with Crippen molar-refractivity contribution in [2.24, 2.45) is 0 Å². The molecule has 1 aliphatic rings. The molecule has 1 aromatic carbocycles. The van der Waals surface area contributed by atoms with E-state index in [1.165, 1.54) is 5.56 Å². The molecule has 1 saturated heterocycles. The molecule has 1 aliphatic heterocycles. The highest BCUT2D eigenvalue weighted by Gasteiger charge is 2.23. The minimum absolute atomic E-state index is 0.0146. The second-order valence-corrected chi connectivity index (χ2v) is 6.60. The number of nitrogens with one attached hydrogen (secondary N) is 1. The molecule has 134 valence electrons. The molecule has 0 spiro atoms. The Morgan fingerprint density at radius 2 is 2.04 bits per heavy atom. The van der Waals surface area contributed by atoms with Crippen LogP contribution >= 0.6 is 0 Å². The second kappa shape index (κ2) is 7.55. The van der Waals surface area contributed by atoms with Gasteiger partial charge in [0.05, 0.1) is 0 Å². The summed E-state index contributed by atoms with van der Waals surface area (Å²) in [5.41, 5.74) is 1.21. The van der Waals surface area contributed by atoms with Crippen molar-refractivity contribution in [1.82, 2.24) is 20.1 Å². The second-order valence-electron chi connectivity index (χ2n) is 6.60. The summed E-state index contributed by atoms with van der Waals surface area (Å²) in [7, 11) is 0. The number of aromatic amines is 1. The van der Waals surface area contributed by atoms with Crippen molar-refractivity contribution < 1.29 is 9.53 Å². The summed E-state index contributed by atoms with van der Waals surface area (Å²) in [6, 6.07) is 7.93. The highest BCUT2D eigenvalue weighted by Crippen LogP contribution is 2.20. The monoisotopic (exact) mass is 343 g/mol. The number of hydrogen-bond donors (Lipinski definition) is 1. The maximum Gasteiger partial charge on any atom is 0.260 e. The van der Waals surface area contributed by atoms with Gasteiger partial charge >= 0.3 is 0 Å². The first-order valence-corrected chi connectivity index (χ1v) is 8.67. The quantitative estimate of drug-likeness (QED) is 0.898. The predicted octanol–water partition coefficient (Wildman–Crippen LogP) is 1.96. The highest BCUT2D eigenvalue weighted by atomic mass is 16.5. The maximum absolute atomic E-state index is 12.4. The molecule has 0 aliphatic carbocycles. The first-order chi connectivity index (χ1) is 12.0. The van der Waals surface area contributed by atoms with Gasteiger partial charge in [-0.15, -0.1) is 5.10 Å². The topological polar surface area (TPSA) is 74.3 Å². The Labute approximate surface area is 148 Å². The molecule has 2 heterocycles. The van der Waals surface area contributed by atoms with Crippen LogP contribution in [-0.4, -0.2) is 58.8 Å². The summed E-state index contributed by atoms with van der Waals surface area (Å²) in [5.74, 6) is 2.69. The third-order valence-corrected chi connectivity index (χ3v) is 4.39. The van der Waals surface area contributed by atoms with E-state index in [-0.39, 0.29) is 12.5 Å². The van der Waals surface area contributed by atoms with Crippen LogP contribution < -0.4 is 9.64 Å². The number of H-pyrrole nitrogens is 1. The number of benzene rings is 1. The molecule has 0 unspecified atom stereocenters. The number of amides is 1. The van der Waals surface area contributed by atoms with E-state index in [0.717, 1.165) is 24.7 Å². The molecule has 7 heteroatoms. The molecule has 1 aromatic heterocycles. The Hall–Kier alpha value is -2.57. The third-order valence-electron chi connectivity index (χ3n) is 4.39. The Kier molecular flexibility index (Phi) is 5.21. The third kappa shape index (κ3) is 4.29. The smallest absolute Gasteiger partial charge is 0.260 e. The van der Waals surface area contributed by atoms with Crippen LogP contribution in [0.5, 0.6) is 5.75 Å². The van der Waals surface area contributed by atoms with Gasteiger partial charge in [0.15, 0.2) is 6.61 Å². The fourth-order valence-corrected chi connectivity index (χ4v) is 2.83. The van der Waals surface area contributed by atoms with Crippen LogP contribution in [0.15, 0.2) is 24.3 Å². The van der Waals surface area contributed by atoms with E-state index in [2.05, 4.69) is 40.0 Å². The fourth-order valence-electron chi connectivity index (χ4n) is 2.83. The van der Waals surface area contributed by atoms with Crippen LogP contribution in [0, 0.1) is 6.92 Å². The van der Waals surface area contributed by atoms with Gasteiger partial charge in [-0.1, -0.05) is 26.0 Å². The van der Waals surface area contributed by atoms with Crippen LogP contribution in [0.1, 0.15) is 31.2 Å². The van der Waals surface area contributed by atoms with Crippen molar-refractivity contribution in [3.8, 4) is 5.75 Å². The van der Waals surface area contributed by atoms with Crippen LogP contribution in [0.2, 0.25) is 0 Å². The largest absolute Gasteiger partial charge is 0.484 e. The minimum Gasteiger partial charge on any atom is -0.484 e.